The molecular formula is C14H21NO3S. The summed E-state index contributed by atoms with van der Waals surface area (Å²) in [5, 5.41) is 8.58. The maximum absolute atomic E-state index is 10.4. The molecule has 1 aromatic rings. The zero-order valence-corrected chi connectivity index (χ0v) is 12.3. The summed E-state index contributed by atoms with van der Waals surface area (Å²) in [6.45, 7) is 8.41. The van der Waals surface area contributed by atoms with Gasteiger partial charge < -0.3 is 9.84 Å². The minimum absolute atomic E-state index is 0.751. The van der Waals surface area contributed by atoms with E-state index in [1.807, 2.05) is 13.0 Å². The maximum Gasteiger partial charge on any atom is 0.328 e. The molecule has 0 saturated heterocycles. The third-order valence-electron chi connectivity index (χ3n) is 2.66. The molecule has 0 aliphatic carbocycles. The van der Waals surface area contributed by atoms with Gasteiger partial charge in [-0.15, -0.1) is 11.3 Å². The molecule has 0 spiro atoms. The molecule has 0 bridgehead atoms. The molecule has 4 nitrogen and oxygen atoms in total. The number of aliphatic carboxylic acids is 1. The first-order valence-electron chi connectivity index (χ1n) is 6.45. The van der Waals surface area contributed by atoms with E-state index in [2.05, 4.69) is 17.9 Å². The fourth-order valence-electron chi connectivity index (χ4n) is 1.63. The number of carbonyl (C=O) groups is 1. The molecular weight excluding hydrogens is 262 g/mol. The number of nitrogens with zero attached hydrogens (tertiary/aromatic N) is 1. The number of hydrogen-bond donors (Lipinski definition) is 1. The van der Waals surface area contributed by atoms with Crippen LogP contribution in [0, 0.1) is 0 Å². The monoisotopic (exact) mass is 283 g/mol. The van der Waals surface area contributed by atoms with Gasteiger partial charge in [-0.2, -0.15) is 0 Å². The molecule has 0 unspecified atom stereocenters. The highest BCUT2D eigenvalue weighted by Crippen LogP contribution is 2.19. The average molecular weight is 283 g/mol. The number of rotatable bonds is 9. The zero-order chi connectivity index (χ0) is 14.1. The normalized spacial score (nSPS) is 11.5. The summed E-state index contributed by atoms with van der Waals surface area (Å²) in [6.07, 6.45) is 2.80. The lowest BCUT2D eigenvalue weighted by Gasteiger charge is -2.19. The van der Waals surface area contributed by atoms with Gasteiger partial charge in [0.15, 0.2) is 0 Å². The number of likely N-dealkylation sites (N-methyl/N-ethyl adjacent to an activating group) is 1. The average Bonchev–Trinajstić information content (AvgIpc) is 2.83. The van der Waals surface area contributed by atoms with Crippen LogP contribution in [0.4, 0.5) is 0 Å². The van der Waals surface area contributed by atoms with E-state index in [1.165, 1.54) is 11.0 Å². The summed E-state index contributed by atoms with van der Waals surface area (Å²) >= 11 is 1.63. The van der Waals surface area contributed by atoms with E-state index >= 15 is 0 Å². The van der Waals surface area contributed by atoms with Crippen molar-refractivity contribution in [2.45, 2.75) is 20.4 Å². The van der Waals surface area contributed by atoms with Crippen LogP contribution in [0.15, 0.2) is 18.2 Å². The molecule has 1 rings (SSSR count). The van der Waals surface area contributed by atoms with E-state index < -0.39 is 5.97 Å². The van der Waals surface area contributed by atoms with Crippen LogP contribution >= 0.6 is 11.3 Å². The second-order valence-corrected chi connectivity index (χ2v) is 5.24. The number of ether oxygens (including phenoxy) is 1. The third-order valence-corrected chi connectivity index (χ3v) is 3.69. The first-order valence-corrected chi connectivity index (χ1v) is 7.27. The molecule has 0 radical (unpaired) electrons. The molecule has 0 aliphatic rings. The fraction of sp³-hybridized carbons (Fsp3) is 0.500. The van der Waals surface area contributed by atoms with Crippen LogP contribution in [-0.2, 0) is 16.1 Å². The van der Waals surface area contributed by atoms with Crippen LogP contribution in [0.2, 0.25) is 0 Å². The van der Waals surface area contributed by atoms with Crippen LogP contribution in [-0.4, -0.2) is 42.3 Å². The summed E-state index contributed by atoms with van der Waals surface area (Å²) in [5.41, 5.74) is 0. The van der Waals surface area contributed by atoms with Crippen molar-refractivity contribution in [1.29, 1.82) is 0 Å². The number of hydrogen-bond acceptors (Lipinski definition) is 4. The zero-order valence-electron chi connectivity index (χ0n) is 11.5. The van der Waals surface area contributed by atoms with Crippen molar-refractivity contribution in [3.05, 3.63) is 28.0 Å². The molecule has 0 aliphatic heterocycles. The molecule has 1 aromatic heterocycles. The van der Waals surface area contributed by atoms with E-state index in [0.29, 0.717) is 0 Å². The maximum atomic E-state index is 10.4. The van der Waals surface area contributed by atoms with Gasteiger partial charge in [-0.3, -0.25) is 4.90 Å². The molecule has 19 heavy (non-hydrogen) atoms. The molecule has 0 saturated carbocycles. The highest BCUT2D eigenvalue weighted by Gasteiger charge is 2.05. The third kappa shape index (κ3) is 6.52. The van der Waals surface area contributed by atoms with Crippen molar-refractivity contribution in [3.8, 4) is 0 Å². The van der Waals surface area contributed by atoms with Crippen LogP contribution < -0.4 is 0 Å². The Bertz CT molecular complexity index is 415. The predicted molar refractivity (Wildman–Crippen MR) is 78.4 cm³/mol. The summed E-state index contributed by atoms with van der Waals surface area (Å²) in [7, 11) is 0. The summed E-state index contributed by atoms with van der Waals surface area (Å²) < 4.78 is 5.36. The lowest BCUT2D eigenvalue weighted by Crippen LogP contribution is -2.26. The Labute approximate surface area is 118 Å². The largest absolute Gasteiger partial charge is 0.478 e. The van der Waals surface area contributed by atoms with Crippen molar-refractivity contribution in [2.75, 3.05) is 26.3 Å². The van der Waals surface area contributed by atoms with Gasteiger partial charge in [-0.05, 0) is 31.7 Å². The van der Waals surface area contributed by atoms with Crippen molar-refractivity contribution >= 4 is 23.4 Å². The van der Waals surface area contributed by atoms with Gasteiger partial charge in [0.2, 0.25) is 0 Å². The van der Waals surface area contributed by atoms with Crippen molar-refractivity contribution in [3.63, 3.8) is 0 Å². The Hall–Kier alpha value is -1.17. The number of carboxylic acids is 1. The minimum Gasteiger partial charge on any atom is -0.478 e. The van der Waals surface area contributed by atoms with Crippen LogP contribution in [0.25, 0.3) is 6.08 Å². The first kappa shape index (κ1) is 15.9. The van der Waals surface area contributed by atoms with E-state index in [-0.39, 0.29) is 0 Å². The minimum atomic E-state index is -0.915. The predicted octanol–water partition coefficient (Wildman–Crippen LogP) is 2.70. The molecule has 1 N–H and O–H groups in total. The second kappa shape index (κ2) is 8.85. The molecule has 1 heterocycles. The number of thiophene rings is 1. The lowest BCUT2D eigenvalue weighted by molar-refractivity contribution is -0.131. The number of carboxylic acid groups (broad SMARTS) is 1. The van der Waals surface area contributed by atoms with Gasteiger partial charge >= 0.3 is 5.97 Å². The molecule has 0 atom stereocenters. The van der Waals surface area contributed by atoms with Crippen LogP contribution in [0.3, 0.4) is 0 Å². The van der Waals surface area contributed by atoms with Gasteiger partial charge in [0, 0.05) is 35.5 Å². The highest BCUT2D eigenvalue weighted by molar-refractivity contribution is 7.12. The molecule has 5 heteroatoms. The topological polar surface area (TPSA) is 49.8 Å². The Morgan fingerprint density at radius 3 is 2.89 bits per heavy atom. The molecule has 106 valence electrons. The van der Waals surface area contributed by atoms with Crippen molar-refractivity contribution < 1.29 is 14.6 Å². The smallest absolute Gasteiger partial charge is 0.328 e. The van der Waals surface area contributed by atoms with Crippen LogP contribution in [0.1, 0.15) is 23.6 Å². The van der Waals surface area contributed by atoms with Gasteiger partial charge in [0.1, 0.15) is 0 Å². The van der Waals surface area contributed by atoms with Crippen LogP contribution in [0.5, 0.6) is 0 Å². The summed E-state index contributed by atoms with van der Waals surface area (Å²) in [5.74, 6) is -0.915. The highest BCUT2D eigenvalue weighted by atomic mass is 32.1. The Balaban J connectivity index is 2.48. The van der Waals surface area contributed by atoms with Gasteiger partial charge in [0.25, 0.3) is 0 Å². The van der Waals surface area contributed by atoms with Gasteiger partial charge in [0.05, 0.1) is 6.61 Å². The Kier molecular flexibility index (Phi) is 7.40. The molecule has 0 fully saturated rings. The van der Waals surface area contributed by atoms with E-state index in [1.54, 1.807) is 17.4 Å². The van der Waals surface area contributed by atoms with Crippen molar-refractivity contribution in [1.82, 2.24) is 4.90 Å². The standard InChI is InChI=1S/C14H21NO3S/c1-3-15(9-10-18-4-2)11-13-6-5-12(19-13)7-8-14(16)17/h5-8H,3-4,9-11H2,1-2H3,(H,16,17). The second-order valence-electron chi connectivity index (χ2n) is 4.04. The quantitative estimate of drug-likeness (QED) is 0.559. The summed E-state index contributed by atoms with van der Waals surface area (Å²) in [4.78, 5) is 15.0. The molecule has 0 aromatic carbocycles. The van der Waals surface area contributed by atoms with E-state index in [4.69, 9.17) is 9.84 Å². The Morgan fingerprint density at radius 1 is 1.47 bits per heavy atom. The summed E-state index contributed by atoms with van der Waals surface area (Å²) in [6, 6.07) is 4.01. The Morgan fingerprint density at radius 2 is 2.26 bits per heavy atom. The van der Waals surface area contributed by atoms with Crippen molar-refractivity contribution in [2.24, 2.45) is 0 Å². The SMILES string of the molecule is CCOCCN(CC)Cc1ccc(C=CC(=O)O)s1. The molecule has 0 amide bonds. The lowest BCUT2D eigenvalue weighted by atomic mass is 10.3. The fourth-order valence-corrected chi connectivity index (χ4v) is 2.59. The van der Waals surface area contributed by atoms with Gasteiger partial charge in [-0.1, -0.05) is 6.92 Å². The van der Waals surface area contributed by atoms with E-state index in [0.717, 1.165) is 37.7 Å². The van der Waals surface area contributed by atoms with Gasteiger partial charge in [-0.25, -0.2) is 4.79 Å². The van der Waals surface area contributed by atoms with E-state index in [9.17, 15) is 4.79 Å². The first-order chi connectivity index (χ1) is 9.15.